The minimum atomic E-state index is -0.479. The first-order chi connectivity index (χ1) is 12.6. The van der Waals surface area contributed by atoms with Gasteiger partial charge in [0.05, 0.1) is 13.7 Å². The minimum absolute atomic E-state index is 0.121. The van der Waals surface area contributed by atoms with Gasteiger partial charge >= 0.3 is 0 Å². The van der Waals surface area contributed by atoms with Crippen LogP contribution >= 0.6 is 0 Å². The maximum absolute atomic E-state index is 13.7. The summed E-state index contributed by atoms with van der Waals surface area (Å²) in [7, 11) is 3.20. The Balaban J connectivity index is 1.96. The fraction of sp³-hybridized carbons (Fsp3) is 0.316. The largest absolute Gasteiger partial charge is 0.493 e. The highest BCUT2D eigenvalue weighted by Gasteiger charge is 2.07. The Hall–Kier alpha value is -2.83. The van der Waals surface area contributed by atoms with Crippen LogP contribution in [0.1, 0.15) is 18.1 Å². The monoisotopic (exact) mass is 363 g/mol. The molecule has 0 aliphatic heterocycles. The van der Waals surface area contributed by atoms with Gasteiger partial charge in [-0.2, -0.15) is 0 Å². The topological polar surface area (TPSA) is 54.9 Å². The lowest BCUT2D eigenvalue weighted by atomic mass is 10.2. The Morgan fingerprint density at radius 3 is 2.50 bits per heavy atom. The standard InChI is InChI=1S/C19H23F2N3O2/c1-4-26-18-9-13(5-8-17(18)25-3)11-23-19(22-2)24-12-14-10-15(20)6-7-16(14)21/h5-10H,4,11-12H2,1-3H3,(H2,22,23,24). The SMILES string of the molecule is CCOc1cc(CNC(=NC)NCc2cc(F)ccc2F)ccc1OC. The summed E-state index contributed by atoms with van der Waals surface area (Å²) in [6.45, 7) is 3.04. The molecule has 0 bridgehead atoms. The Labute approximate surface area is 152 Å². The first-order valence-electron chi connectivity index (χ1n) is 8.25. The van der Waals surface area contributed by atoms with Crippen LogP contribution in [0.15, 0.2) is 41.4 Å². The number of hydrogen-bond acceptors (Lipinski definition) is 3. The molecule has 0 heterocycles. The van der Waals surface area contributed by atoms with Gasteiger partial charge < -0.3 is 20.1 Å². The Morgan fingerprint density at radius 2 is 1.81 bits per heavy atom. The van der Waals surface area contributed by atoms with E-state index in [0.717, 1.165) is 23.8 Å². The summed E-state index contributed by atoms with van der Waals surface area (Å²) in [5.74, 6) is 0.861. The second kappa shape index (κ2) is 9.60. The number of methoxy groups -OCH3 is 1. The van der Waals surface area contributed by atoms with Gasteiger partial charge in [-0.1, -0.05) is 6.07 Å². The van der Waals surface area contributed by atoms with Crippen molar-refractivity contribution in [3.63, 3.8) is 0 Å². The van der Waals surface area contributed by atoms with E-state index in [0.29, 0.717) is 30.6 Å². The van der Waals surface area contributed by atoms with Crippen LogP contribution in [0, 0.1) is 11.6 Å². The summed E-state index contributed by atoms with van der Waals surface area (Å²) >= 11 is 0. The van der Waals surface area contributed by atoms with Crippen molar-refractivity contribution in [1.29, 1.82) is 0 Å². The maximum Gasteiger partial charge on any atom is 0.191 e. The van der Waals surface area contributed by atoms with E-state index in [1.165, 1.54) is 0 Å². The average Bonchev–Trinajstić information content (AvgIpc) is 2.65. The molecule has 0 radical (unpaired) electrons. The van der Waals surface area contributed by atoms with Crippen molar-refractivity contribution in [1.82, 2.24) is 10.6 Å². The predicted molar refractivity (Wildman–Crippen MR) is 97.6 cm³/mol. The quantitative estimate of drug-likeness (QED) is 0.586. The van der Waals surface area contributed by atoms with E-state index in [2.05, 4.69) is 15.6 Å². The highest BCUT2D eigenvalue weighted by atomic mass is 19.1. The second-order valence-corrected chi connectivity index (χ2v) is 5.43. The molecule has 2 aromatic carbocycles. The third-order valence-electron chi connectivity index (χ3n) is 3.67. The van der Waals surface area contributed by atoms with Gasteiger partial charge in [-0.05, 0) is 42.8 Å². The molecule has 0 amide bonds. The highest BCUT2D eigenvalue weighted by molar-refractivity contribution is 5.79. The normalized spacial score (nSPS) is 11.2. The number of nitrogens with zero attached hydrogens (tertiary/aromatic N) is 1. The third-order valence-corrected chi connectivity index (χ3v) is 3.67. The summed E-state index contributed by atoms with van der Waals surface area (Å²) in [6, 6.07) is 8.98. The molecule has 140 valence electrons. The van der Waals surface area contributed by atoms with E-state index in [4.69, 9.17) is 9.47 Å². The summed E-state index contributed by atoms with van der Waals surface area (Å²) in [6.07, 6.45) is 0. The molecule has 5 nitrogen and oxygen atoms in total. The molecule has 0 aromatic heterocycles. The lowest BCUT2D eigenvalue weighted by molar-refractivity contribution is 0.310. The predicted octanol–water partition coefficient (Wildman–Crippen LogP) is 3.24. The first-order valence-corrected chi connectivity index (χ1v) is 8.25. The fourth-order valence-corrected chi connectivity index (χ4v) is 2.36. The molecule has 26 heavy (non-hydrogen) atoms. The molecule has 2 N–H and O–H groups in total. The summed E-state index contributed by atoms with van der Waals surface area (Å²) < 4.78 is 37.7. The number of rotatable bonds is 7. The summed E-state index contributed by atoms with van der Waals surface area (Å²) in [4.78, 5) is 4.09. The van der Waals surface area contributed by atoms with Crippen molar-refractivity contribution < 1.29 is 18.3 Å². The molecule has 0 saturated heterocycles. The Bertz CT molecular complexity index is 766. The molecule has 0 aliphatic carbocycles. The lowest BCUT2D eigenvalue weighted by Gasteiger charge is -2.14. The number of hydrogen-bond donors (Lipinski definition) is 2. The van der Waals surface area contributed by atoms with E-state index in [9.17, 15) is 8.78 Å². The number of ether oxygens (including phenoxy) is 2. The molecule has 2 rings (SSSR count). The zero-order valence-electron chi connectivity index (χ0n) is 15.1. The van der Waals surface area contributed by atoms with E-state index in [1.54, 1.807) is 14.2 Å². The lowest BCUT2D eigenvalue weighted by Crippen LogP contribution is -2.36. The van der Waals surface area contributed by atoms with Crippen LogP contribution in [-0.2, 0) is 13.1 Å². The Kier molecular flexibility index (Phi) is 7.20. The molecular formula is C19H23F2N3O2. The second-order valence-electron chi connectivity index (χ2n) is 5.43. The van der Waals surface area contributed by atoms with Crippen LogP contribution in [0.5, 0.6) is 11.5 Å². The van der Waals surface area contributed by atoms with Crippen LogP contribution < -0.4 is 20.1 Å². The van der Waals surface area contributed by atoms with E-state index < -0.39 is 11.6 Å². The number of halogens is 2. The summed E-state index contributed by atoms with van der Waals surface area (Å²) in [5, 5.41) is 6.09. The van der Waals surface area contributed by atoms with Gasteiger partial charge in [0.1, 0.15) is 11.6 Å². The van der Waals surface area contributed by atoms with Crippen LogP contribution in [0.2, 0.25) is 0 Å². The van der Waals surface area contributed by atoms with Gasteiger partial charge in [0, 0.05) is 25.7 Å². The fourth-order valence-electron chi connectivity index (χ4n) is 2.36. The van der Waals surface area contributed by atoms with Gasteiger partial charge in [-0.15, -0.1) is 0 Å². The van der Waals surface area contributed by atoms with Gasteiger partial charge in [0.25, 0.3) is 0 Å². The molecule has 0 atom stereocenters. The van der Waals surface area contributed by atoms with Crippen molar-refractivity contribution in [2.75, 3.05) is 20.8 Å². The average molecular weight is 363 g/mol. The number of nitrogens with one attached hydrogen (secondary N) is 2. The van der Waals surface area contributed by atoms with Crippen molar-refractivity contribution in [2.45, 2.75) is 20.0 Å². The zero-order chi connectivity index (χ0) is 18.9. The van der Waals surface area contributed by atoms with Crippen LogP contribution in [0.4, 0.5) is 8.78 Å². The van der Waals surface area contributed by atoms with Gasteiger partial charge in [0.2, 0.25) is 0 Å². The molecule has 0 unspecified atom stereocenters. The molecular weight excluding hydrogens is 340 g/mol. The molecule has 7 heteroatoms. The van der Waals surface area contributed by atoms with Crippen LogP contribution in [-0.4, -0.2) is 26.7 Å². The van der Waals surface area contributed by atoms with Crippen molar-refractivity contribution in [3.05, 3.63) is 59.2 Å². The number of aliphatic imine (C=N–C) groups is 1. The summed E-state index contributed by atoms with van der Waals surface area (Å²) in [5.41, 5.74) is 1.20. The highest BCUT2D eigenvalue weighted by Crippen LogP contribution is 2.27. The van der Waals surface area contributed by atoms with Crippen molar-refractivity contribution in [2.24, 2.45) is 4.99 Å². The van der Waals surface area contributed by atoms with Crippen LogP contribution in [0.25, 0.3) is 0 Å². The van der Waals surface area contributed by atoms with E-state index >= 15 is 0 Å². The number of guanidine groups is 1. The van der Waals surface area contributed by atoms with E-state index in [-0.39, 0.29) is 12.1 Å². The van der Waals surface area contributed by atoms with Crippen LogP contribution in [0.3, 0.4) is 0 Å². The van der Waals surface area contributed by atoms with E-state index in [1.807, 2.05) is 25.1 Å². The zero-order valence-corrected chi connectivity index (χ0v) is 15.1. The van der Waals surface area contributed by atoms with Gasteiger partial charge in [-0.25, -0.2) is 8.78 Å². The molecule has 0 spiro atoms. The molecule has 2 aromatic rings. The van der Waals surface area contributed by atoms with Gasteiger partial charge in [-0.3, -0.25) is 4.99 Å². The molecule has 0 fully saturated rings. The van der Waals surface area contributed by atoms with Crippen molar-refractivity contribution >= 4 is 5.96 Å². The van der Waals surface area contributed by atoms with Gasteiger partial charge in [0.15, 0.2) is 17.5 Å². The molecule has 0 saturated carbocycles. The van der Waals surface area contributed by atoms with Crippen molar-refractivity contribution in [3.8, 4) is 11.5 Å². The third kappa shape index (κ3) is 5.34. The number of benzene rings is 2. The first kappa shape index (κ1) is 19.5. The molecule has 0 aliphatic rings. The smallest absolute Gasteiger partial charge is 0.191 e. The Morgan fingerprint density at radius 1 is 1.04 bits per heavy atom. The minimum Gasteiger partial charge on any atom is -0.493 e. The maximum atomic E-state index is 13.7.